The molecule has 4 aromatic rings. The molecule has 0 atom stereocenters. The van der Waals surface area contributed by atoms with Crippen molar-refractivity contribution in [3.8, 4) is 45.6 Å². The minimum Gasteiger partial charge on any atom is -0.504 e. The van der Waals surface area contributed by atoms with Gasteiger partial charge in [-0.3, -0.25) is 0 Å². The molecule has 0 aliphatic heterocycles. The molecule has 0 aliphatic carbocycles. The lowest BCUT2D eigenvalue weighted by atomic mass is 10.1. The highest BCUT2D eigenvalue weighted by atomic mass is 16.5. The van der Waals surface area contributed by atoms with Crippen molar-refractivity contribution in [1.29, 1.82) is 0 Å². The lowest BCUT2D eigenvalue weighted by Crippen LogP contribution is -2.01. The van der Waals surface area contributed by atoms with Gasteiger partial charge in [0.25, 0.3) is 0 Å². The van der Waals surface area contributed by atoms with Crippen molar-refractivity contribution in [1.82, 2.24) is 14.8 Å². The number of hydrogen-bond donors (Lipinski definition) is 2. The van der Waals surface area contributed by atoms with Crippen LogP contribution in [0.2, 0.25) is 0 Å². The molecule has 0 aliphatic rings. The van der Waals surface area contributed by atoms with E-state index in [1.807, 2.05) is 48.5 Å². The van der Waals surface area contributed by atoms with Crippen LogP contribution >= 0.6 is 0 Å². The number of aromatic hydroxyl groups is 2. The van der Waals surface area contributed by atoms with Crippen molar-refractivity contribution < 1.29 is 14.9 Å². The standard InChI is InChI=1S/C21H17N3O3/c1-27-20-7-3-2-6-15(20)16-13-17(14-9-10-18(25)19(26)12-14)24(23-16)21-8-4-5-11-22-21/h2-13,25-26H,1H3. The fraction of sp³-hybridized carbons (Fsp3) is 0.0476. The summed E-state index contributed by atoms with van der Waals surface area (Å²) in [6.07, 6.45) is 1.69. The minimum absolute atomic E-state index is 0.174. The highest BCUT2D eigenvalue weighted by molar-refractivity contribution is 5.74. The molecule has 27 heavy (non-hydrogen) atoms. The summed E-state index contributed by atoms with van der Waals surface area (Å²) in [6.45, 7) is 0. The normalized spacial score (nSPS) is 10.7. The van der Waals surface area contributed by atoms with E-state index in [1.165, 1.54) is 12.1 Å². The fourth-order valence-corrected chi connectivity index (χ4v) is 2.91. The molecule has 2 heterocycles. The third kappa shape index (κ3) is 3.08. The van der Waals surface area contributed by atoms with Crippen molar-refractivity contribution in [2.24, 2.45) is 0 Å². The summed E-state index contributed by atoms with van der Waals surface area (Å²) in [7, 11) is 1.62. The molecule has 0 unspecified atom stereocenters. The second-order valence-corrected chi connectivity index (χ2v) is 5.92. The van der Waals surface area contributed by atoms with E-state index in [9.17, 15) is 10.2 Å². The maximum absolute atomic E-state index is 9.91. The number of phenolic OH excluding ortho intramolecular Hbond substituents is 2. The molecule has 4 rings (SSSR count). The van der Waals surface area contributed by atoms with Gasteiger partial charge in [-0.15, -0.1) is 0 Å². The summed E-state index contributed by atoms with van der Waals surface area (Å²) in [4.78, 5) is 4.38. The van der Waals surface area contributed by atoms with Crippen LogP contribution in [0.15, 0.2) is 72.9 Å². The van der Waals surface area contributed by atoms with Crippen molar-refractivity contribution in [2.75, 3.05) is 7.11 Å². The molecule has 0 saturated carbocycles. The number of ether oxygens (including phenoxy) is 1. The van der Waals surface area contributed by atoms with Crippen LogP contribution in [0, 0.1) is 0 Å². The van der Waals surface area contributed by atoms with Gasteiger partial charge in [-0.2, -0.15) is 5.10 Å². The molecule has 134 valence electrons. The summed E-state index contributed by atoms with van der Waals surface area (Å²) in [5.74, 6) is 0.984. The molecule has 0 bridgehead atoms. The molecule has 2 aromatic carbocycles. The van der Waals surface area contributed by atoms with E-state index in [2.05, 4.69) is 4.98 Å². The Labute approximate surface area is 155 Å². The van der Waals surface area contributed by atoms with Crippen LogP contribution in [0.1, 0.15) is 0 Å². The molecular formula is C21H17N3O3. The topological polar surface area (TPSA) is 80.4 Å². The molecule has 0 saturated heterocycles. The third-order valence-corrected chi connectivity index (χ3v) is 4.23. The zero-order chi connectivity index (χ0) is 18.8. The summed E-state index contributed by atoms with van der Waals surface area (Å²) in [6, 6.07) is 19.8. The van der Waals surface area contributed by atoms with Crippen LogP contribution in [0.3, 0.4) is 0 Å². The van der Waals surface area contributed by atoms with Gasteiger partial charge in [-0.1, -0.05) is 18.2 Å². The molecule has 0 fully saturated rings. The first-order valence-corrected chi connectivity index (χ1v) is 8.34. The van der Waals surface area contributed by atoms with E-state index >= 15 is 0 Å². The van der Waals surface area contributed by atoms with Gasteiger partial charge in [0.1, 0.15) is 5.75 Å². The smallest absolute Gasteiger partial charge is 0.158 e. The number of aromatic nitrogens is 3. The van der Waals surface area contributed by atoms with Crippen molar-refractivity contribution >= 4 is 0 Å². The average Bonchev–Trinajstić information content (AvgIpc) is 3.16. The zero-order valence-corrected chi connectivity index (χ0v) is 14.6. The van der Waals surface area contributed by atoms with E-state index in [4.69, 9.17) is 9.84 Å². The number of methoxy groups -OCH3 is 1. The predicted octanol–water partition coefficient (Wildman–Crippen LogP) is 4.02. The summed E-state index contributed by atoms with van der Waals surface area (Å²) < 4.78 is 7.16. The first-order valence-electron chi connectivity index (χ1n) is 8.34. The molecule has 0 amide bonds. The zero-order valence-electron chi connectivity index (χ0n) is 14.6. The molecule has 6 nitrogen and oxygen atoms in total. The first-order chi connectivity index (χ1) is 13.2. The van der Waals surface area contributed by atoms with E-state index < -0.39 is 0 Å². The third-order valence-electron chi connectivity index (χ3n) is 4.23. The highest BCUT2D eigenvalue weighted by Crippen LogP contribution is 2.35. The molecule has 2 N–H and O–H groups in total. The Hall–Kier alpha value is -3.80. The van der Waals surface area contributed by atoms with Crippen LogP contribution < -0.4 is 4.74 Å². The maximum Gasteiger partial charge on any atom is 0.158 e. The van der Waals surface area contributed by atoms with Crippen LogP contribution in [0.25, 0.3) is 28.3 Å². The number of pyridine rings is 1. The SMILES string of the molecule is COc1ccccc1-c1cc(-c2ccc(O)c(O)c2)n(-c2ccccn2)n1. The Morgan fingerprint density at radius 1 is 0.889 bits per heavy atom. The van der Waals surface area contributed by atoms with Crippen LogP contribution in [0.4, 0.5) is 0 Å². The largest absolute Gasteiger partial charge is 0.504 e. The van der Waals surface area contributed by atoms with E-state index in [0.717, 1.165) is 11.3 Å². The van der Waals surface area contributed by atoms with Crippen molar-refractivity contribution in [2.45, 2.75) is 0 Å². The van der Waals surface area contributed by atoms with Gasteiger partial charge in [0.15, 0.2) is 17.3 Å². The summed E-state index contributed by atoms with van der Waals surface area (Å²) in [5.41, 5.74) is 2.98. The van der Waals surface area contributed by atoms with E-state index in [0.29, 0.717) is 22.8 Å². The molecular weight excluding hydrogens is 342 g/mol. The number of phenols is 2. The van der Waals surface area contributed by atoms with Crippen molar-refractivity contribution in [3.05, 3.63) is 72.9 Å². The van der Waals surface area contributed by atoms with E-state index in [-0.39, 0.29) is 11.5 Å². The monoisotopic (exact) mass is 359 g/mol. The van der Waals surface area contributed by atoms with Gasteiger partial charge in [0.2, 0.25) is 0 Å². The number of hydrogen-bond acceptors (Lipinski definition) is 5. The Kier molecular flexibility index (Phi) is 4.22. The summed E-state index contributed by atoms with van der Waals surface area (Å²) >= 11 is 0. The van der Waals surface area contributed by atoms with Crippen molar-refractivity contribution in [3.63, 3.8) is 0 Å². The second-order valence-electron chi connectivity index (χ2n) is 5.92. The first kappa shape index (κ1) is 16.7. The van der Waals surface area contributed by atoms with E-state index in [1.54, 1.807) is 24.1 Å². The fourth-order valence-electron chi connectivity index (χ4n) is 2.91. The average molecular weight is 359 g/mol. The molecule has 6 heteroatoms. The number of para-hydroxylation sites is 1. The predicted molar refractivity (Wildman–Crippen MR) is 102 cm³/mol. The molecule has 2 aromatic heterocycles. The number of rotatable bonds is 4. The number of benzene rings is 2. The lowest BCUT2D eigenvalue weighted by Gasteiger charge is -2.07. The second kappa shape index (κ2) is 6.84. The Balaban J connectivity index is 1.94. The van der Waals surface area contributed by atoms with Crippen LogP contribution in [0.5, 0.6) is 17.2 Å². The molecule has 0 spiro atoms. The minimum atomic E-state index is -0.194. The van der Waals surface area contributed by atoms with Gasteiger partial charge < -0.3 is 14.9 Å². The van der Waals surface area contributed by atoms with Crippen LogP contribution in [-0.2, 0) is 0 Å². The Bertz CT molecular complexity index is 1090. The van der Waals surface area contributed by atoms with Gasteiger partial charge in [-0.25, -0.2) is 9.67 Å². The van der Waals surface area contributed by atoms with Gasteiger partial charge in [0, 0.05) is 17.3 Å². The van der Waals surface area contributed by atoms with Gasteiger partial charge >= 0.3 is 0 Å². The quantitative estimate of drug-likeness (QED) is 0.538. The van der Waals surface area contributed by atoms with Gasteiger partial charge in [-0.05, 0) is 48.5 Å². The lowest BCUT2D eigenvalue weighted by molar-refractivity contribution is 0.404. The molecule has 0 radical (unpaired) electrons. The van der Waals surface area contributed by atoms with Gasteiger partial charge in [0.05, 0.1) is 18.5 Å². The maximum atomic E-state index is 9.91. The van der Waals surface area contributed by atoms with Crippen LogP contribution in [-0.4, -0.2) is 32.1 Å². The number of nitrogens with zero attached hydrogens (tertiary/aromatic N) is 3. The Morgan fingerprint density at radius 2 is 1.70 bits per heavy atom. The highest BCUT2D eigenvalue weighted by Gasteiger charge is 2.17. The summed E-state index contributed by atoms with van der Waals surface area (Å²) in [5, 5.41) is 24.3. The Morgan fingerprint density at radius 3 is 2.44 bits per heavy atom.